The first-order valence-electron chi connectivity index (χ1n) is 4.77. The highest BCUT2D eigenvalue weighted by molar-refractivity contribution is 5.84. The molecule has 1 aliphatic carbocycles. The van der Waals surface area contributed by atoms with Crippen LogP contribution in [0.15, 0.2) is 18.3 Å². The molecule has 1 unspecified atom stereocenters. The monoisotopic (exact) mass is 194 g/mol. The lowest BCUT2D eigenvalue weighted by Gasteiger charge is -2.23. The number of nitrogens with one attached hydrogen (secondary N) is 1. The Bertz CT molecular complexity index is 330. The number of rotatable bonds is 4. The normalized spacial score (nSPS) is 20.4. The number of aromatic nitrogens is 1. The van der Waals surface area contributed by atoms with Crippen LogP contribution in [0.25, 0.3) is 0 Å². The predicted molar refractivity (Wildman–Crippen MR) is 51.4 cm³/mol. The molecule has 1 fully saturated rings. The number of carbonyl (C=O) groups is 1. The van der Waals surface area contributed by atoms with Gasteiger partial charge >= 0.3 is 0 Å². The molecule has 0 aromatic carbocycles. The molecule has 1 aliphatic rings. The van der Waals surface area contributed by atoms with Gasteiger partial charge in [-0.25, -0.2) is 0 Å². The molecular weight excluding hydrogens is 180 g/mol. The molecule has 1 heterocycles. The Morgan fingerprint density at radius 3 is 2.86 bits per heavy atom. The fourth-order valence-electron chi connectivity index (χ4n) is 1.76. The Hall–Kier alpha value is -1.29. The molecule has 0 spiro atoms. The number of nitrogens with two attached hydrogens (primary N) is 1. The van der Waals surface area contributed by atoms with E-state index in [-0.39, 0.29) is 5.92 Å². The SMILES string of the molecule is NC(=O)C(O)(Cc1ccc[nH]1)C1CC1. The van der Waals surface area contributed by atoms with Gasteiger partial charge in [0.05, 0.1) is 0 Å². The van der Waals surface area contributed by atoms with E-state index in [2.05, 4.69) is 4.98 Å². The minimum Gasteiger partial charge on any atom is -0.379 e. The van der Waals surface area contributed by atoms with Crippen molar-refractivity contribution in [2.24, 2.45) is 11.7 Å². The number of hydrogen-bond acceptors (Lipinski definition) is 2. The summed E-state index contributed by atoms with van der Waals surface area (Å²) in [5.74, 6) is -0.571. The number of hydrogen-bond donors (Lipinski definition) is 3. The first kappa shape index (κ1) is 9.27. The molecule has 4 nitrogen and oxygen atoms in total. The van der Waals surface area contributed by atoms with Crippen LogP contribution in [0, 0.1) is 5.92 Å². The highest BCUT2D eigenvalue weighted by Crippen LogP contribution is 2.41. The van der Waals surface area contributed by atoms with Crippen LogP contribution in [-0.4, -0.2) is 21.6 Å². The molecule has 1 saturated carbocycles. The van der Waals surface area contributed by atoms with Crippen molar-refractivity contribution in [3.05, 3.63) is 24.0 Å². The summed E-state index contributed by atoms with van der Waals surface area (Å²) < 4.78 is 0. The molecular formula is C10H14N2O2. The molecule has 0 bridgehead atoms. The first-order valence-corrected chi connectivity index (χ1v) is 4.77. The summed E-state index contributed by atoms with van der Waals surface area (Å²) in [5, 5.41) is 10.1. The first-order chi connectivity index (χ1) is 6.63. The van der Waals surface area contributed by atoms with Gasteiger partial charge in [-0.3, -0.25) is 4.79 Å². The Labute approximate surface area is 82.1 Å². The van der Waals surface area contributed by atoms with Gasteiger partial charge in [-0.2, -0.15) is 0 Å². The van der Waals surface area contributed by atoms with Gasteiger partial charge in [0.2, 0.25) is 5.91 Å². The lowest BCUT2D eigenvalue weighted by Crippen LogP contribution is -2.47. The predicted octanol–water partition coefficient (Wildman–Crippen LogP) is 0.184. The molecule has 1 aromatic heterocycles. The van der Waals surface area contributed by atoms with Crippen LogP contribution in [0.3, 0.4) is 0 Å². The van der Waals surface area contributed by atoms with Crippen molar-refractivity contribution in [1.29, 1.82) is 0 Å². The number of primary amides is 1. The molecule has 1 amide bonds. The van der Waals surface area contributed by atoms with Gasteiger partial charge in [0, 0.05) is 18.3 Å². The summed E-state index contributed by atoms with van der Waals surface area (Å²) in [7, 11) is 0. The van der Waals surface area contributed by atoms with E-state index < -0.39 is 11.5 Å². The van der Waals surface area contributed by atoms with Crippen LogP contribution in [0.1, 0.15) is 18.5 Å². The van der Waals surface area contributed by atoms with Crippen LogP contribution >= 0.6 is 0 Å². The maximum atomic E-state index is 11.2. The van der Waals surface area contributed by atoms with Crippen molar-refractivity contribution in [3.63, 3.8) is 0 Å². The average molecular weight is 194 g/mol. The van der Waals surface area contributed by atoms with Gasteiger partial charge in [0.1, 0.15) is 0 Å². The van der Waals surface area contributed by atoms with E-state index in [0.717, 1.165) is 18.5 Å². The van der Waals surface area contributed by atoms with E-state index in [4.69, 9.17) is 5.73 Å². The Morgan fingerprint density at radius 2 is 2.43 bits per heavy atom. The van der Waals surface area contributed by atoms with Gasteiger partial charge in [0.15, 0.2) is 5.60 Å². The topological polar surface area (TPSA) is 79.1 Å². The number of aliphatic hydroxyl groups is 1. The summed E-state index contributed by atoms with van der Waals surface area (Å²) in [5.41, 5.74) is 4.71. The van der Waals surface area contributed by atoms with Crippen molar-refractivity contribution >= 4 is 5.91 Å². The van der Waals surface area contributed by atoms with Gasteiger partial charge in [-0.05, 0) is 30.9 Å². The van der Waals surface area contributed by atoms with Gasteiger partial charge in [-0.15, -0.1) is 0 Å². The second-order valence-corrected chi connectivity index (χ2v) is 3.93. The van der Waals surface area contributed by atoms with Crippen molar-refractivity contribution < 1.29 is 9.90 Å². The minimum absolute atomic E-state index is 0.0447. The number of amides is 1. The zero-order valence-corrected chi connectivity index (χ0v) is 7.86. The Kier molecular flexibility index (Phi) is 2.07. The maximum absolute atomic E-state index is 11.2. The summed E-state index contributed by atoms with van der Waals surface area (Å²) in [6, 6.07) is 3.68. The standard InChI is InChI=1S/C10H14N2O2/c11-9(13)10(14,7-3-4-7)6-8-2-1-5-12-8/h1-2,5,7,12,14H,3-4,6H2,(H2,11,13). The molecule has 0 radical (unpaired) electrons. The third-order valence-corrected chi connectivity index (χ3v) is 2.80. The third-order valence-electron chi connectivity index (χ3n) is 2.80. The van der Waals surface area contributed by atoms with Crippen LogP contribution in [0.5, 0.6) is 0 Å². The van der Waals surface area contributed by atoms with Crippen LogP contribution < -0.4 is 5.73 Å². The molecule has 0 saturated heterocycles. The average Bonchev–Trinajstić information content (AvgIpc) is 2.87. The molecule has 14 heavy (non-hydrogen) atoms. The quantitative estimate of drug-likeness (QED) is 0.639. The van der Waals surface area contributed by atoms with Crippen LogP contribution in [0.4, 0.5) is 0 Å². The van der Waals surface area contributed by atoms with Crippen molar-refractivity contribution in [2.75, 3.05) is 0 Å². The molecule has 76 valence electrons. The number of H-pyrrole nitrogens is 1. The summed E-state index contributed by atoms with van der Waals surface area (Å²) in [6.45, 7) is 0. The van der Waals surface area contributed by atoms with Gasteiger partial charge < -0.3 is 15.8 Å². The molecule has 2 rings (SSSR count). The highest BCUT2D eigenvalue weighted by atomic mass is 16.3. The number of aromatic amines is 1. The molecule has 0 aliphatic heterocycles. The smallest absolute Gasteiger partial charge is 0.250 e. The fraction of sp³-hybridized carbons (Fsp3) is 0.500. The summed E-state index contributed by atoms with van der Waals surface area (Å²) in [4.78, 5) is 14.1. The van der Waals surface area contributed by atoms with Crippen molar-refractivity contribution in [1.82, 2.24) is 4.98 Å². The lowest BCUT2D eigenvalue weighted by molar-refractivity contribution is -0.138. The molecule has 1 atom stereocenters. The van der Waals surface area contributed by atoms with Gasteiger partial charge in [0.25, 0.3) is 0 Å². The molecule has 1 aromatic rings. The van der Waals surface area contributed by atoms with E-state index in [9.17, 15) is 9.90 Å². The van der Waals surface area contributed by atoms with E-state index >= 15 is 0 Å². The largest absolute Gasteiger partial charge is 0.379 e. The van der Waals surface area contributed by atoms with E-state index in [1.54, 1.807) is 6.20 Å². The van der Waals surface area contributed by atoms with Crippen LogP contribution in [-0.2, 0) is 11.2 Å². The summed E-state index contributed by atoms with van der Waals surface area (Å²) in [6.07, 6.45) is 3.84. The van der Waals surface area contributed by atoms with E-state index in [0.29, 0.717) is 6.42 Å². The van der Waals surface area contributed by atoms with Gasteiger partial charge in [-0.1, -0.05) is 0 Å². The summed E-state index contributed by atoms with van der Waals surface area (Å²) >= 11 is 0. The Morgan fingerprint density at radius 1 is 1.71 bits per heavy atom. The zero-order valence-electron chi connectivity index (χ0n) is 7.86. The molecule has 4 heteroatoms. The number of carbonyl (C=O) groups excluding carboxylic acids is 1. The molecule has 4 N–H and O–H groups in total. The third kappa shape index (κ3) is 1.53. The van der Waals surface area contributed by atoms with E-state index in [1.165, 1.54) is 0 Å². The maximum Gasteiger partial charge on any atom is 0.250 e. The fourth-order valence-corrected chi connectivity index (χ4v) is 1.76. The van der Waals surface area contributed by atoms with Crippen molar-refractivity contribution in [2.45, 2.75) is 24.9 Å². The minimum atomic E-state index is -1.36. The van der Waals surface area contributed by atoms with Crippen molar-refractivity contribution in [3.8, 4) is 0 Å². The second kappa shape index (κ2) is 3.13. The van der Waals surface area contributed by atoms with Crippen LogP contribution in [0.2, 0.25) is 0 Å². The second-order valence-electron chi connectivity index (χ2n) is 3.93. The zero-order chi connectivity index (χ0) is 10.2. The lowest BCUT2D eigenvalue weighted by atomic mass is 9.91. The highest BCUT2D eigenvalue weighted by Gasteiger charge is 2.48. The Balaban J connectivity index is 2.15. The van der Waals surface area contributed by atoms with E-state index in [1.807, 2.05) is 12.1 Å².